The first kappa shape index (κ1) is 19.5. The van der Waals surface area contributed by atoms with E-state index in [0.717, 1.165) is 11.3 Å². The van der Waals surface area contributed by atoms with Gasteiger partial charge in [0.2, 0.25) is 0 Å². The van der Waals surface area contributed by atoms with Crippen molar-refractivity contribution < 1.29 is 28.6 Å². The second-order valence-corrected chi connectivity index (χ2v) is 6.05. The molecular weight excluding hydrogens is 358 g/mol. The SMILES string of the molecule is CCOC(=O)c1sc(NC(=O)Oc2ccccc2)c(C(=O)OCC)c1C. The van der Waals surface area contributed by atoms with Gasteiger partial charge < -0.3 is 14.2 Å². The lowest BCUT2D eigenvalue weighted by atomic mass is 10.1. The Hall–Kier alpha value is -2.87. The molecule has 0 unspecified atom stereocenters. The van der Waals surface area contributed by atoms with Crippen molar-refractivity contribution in [2.45, 2.75) is 20.8 Å². The number of amides is 1. The molecule has 2 rings (SSSR count). The van der Waals surface area contributed by atoms with Crippen molar-refractivity contribution in [3.63, 3.8) is 0 Å². The summed E-state index contributed by atoms with van der Waals surface area (Å²) in [7, 11) is 0. The molecule has 1 amide bonds. The van der Waals surface area contributed by atoms with Crippen LogP contribution in [0.15, 0.2) is 30.3 Å². The van der Waals surface area contributed by atoms with Gasteiger partial charge in [-0.15, -0.1) is 11.3 Å². The van der Waals surface area contributed by atoms with Crippen LogP contribution in [0.4, 0.5) is 9.80 Å². The smallest absolute Gasteiger partial charge is 0.417 e. The first-order valence-corrected chi connectivity index (χ1v) is 8.81. The topological polar surface area (TPSA) is 90.9 Å². The maximum absolute atomic E-state index is 12.3. The van der Waals surface area contributed by atoms with Crippen LogP contribution in [0, 0.1) is 6.92 Å². The Morgan fingerprint density at radius 2 is 1.62 bits per heavy atom. The molecule has 0 fully saturated rings. The summed E-state index contributed by atoms with van der Waals surface area (Å²) in [5.41, 5.74) is 0.506. The Kier molecular flexibility index (Phi) is 6.74. The molecule has 1 aromatic carbocycles. The van der Waals surface area contributed by atoms with E-state index in [1.54, 1.807) is 51.1 Å². The maximum atomic E-state index is 12.3. The molecule has 1 heterocycles. The van der Waals surface area contributed by atoms with Gasteiger partial charge in [-0.1, -0.05) is 18.2 Å². The fourth-order valence-corrected chi connectivity index (χ4v) is 3.23. The molecule has 26 heavy (non-hydrogen) atoms. The third-order valence-electron chi connectivity index (χ3n) is 3.26. The van der Waals surface area contributed by atoms with Crippen molar-refractivity contribution >= 4 is 34.4 Å². The van der Waals surface area contributed by atoms with Gasteiger partial charge in [-0.2, -0.15) is 0 Å². The van der Waals surface area contributed by atoms with E-state index in [-0.39, 0.29) is 28.7 Å². The van der Waals surface area contributed by atoms with E-state index in [4.69, 9.17) is 14.2 Å². The van der Waals surface area contributed by atoms with E-state index in [1.165, 1.54) is 0 Å². The number of carbonyl (C=O) groups is 3. The lowest BCUT2D eigenvalue weighted by Crippen LogP contribution is -2.18. The minimum absolute atomic E-state index is 0.116. The molecule has 1 aromatic heterocycles. The Balaban J connectivity index is 2.30. The molecule has 0 spiro atoms. The van der Waals surface area contributed by atoms with Crippen LogP contribution in [0.2, 0.25) is 0 Å². The van der Waals surface area contributed by atoms with Crippen LogP contribution in [0.3, 0.4) is 0 Å². The van der Waals surface area contributed by atoms with Gasteiger partial charge in [0.25, 0.3) is 0 Å². The average Bonchev–Trinajstić information content (AvgIpc) is 2.92. The van der Waals surface area contributed by atoms with Gasteiger partial charge >= 0.3 is 18.0 Å². The number of para-hydroxylation sites is 1. The van der Waals surface area contributed by atoms with Gasteiger partial charge in [-0.05, 0) is 38.5 Å². The highest BCUT2D eigenvalue weighted by molar-refractivity contribution is 7.18. The highest BCUT2D eigenvalue weighted by atomic mass is 32.1. The molecule has 8 heteroatoms. The summed E-state index contributed by atoms with van der Waals surface area (Å²) in [6.45, 7) is 5.31. The molecule has 2 aromatic rings. The second-order valence-electron chi connectivity index (χ2n) is 5.03. The van der Waals surface area contributed by atoms with E-state index < -0.39 is 18.0 Å². The van der Waals surface area contributed by atoms with E-state index in [0.29, 0.717) is 11.3 Å². The first-order chi connectivity index (χ1) is 12.5. The summed E-state index contributed by atoms with van der Waals surface area (Å²) in [5, 5.41) is 2.68. The predicted molar refractivity (Wildman–Crippen MR) is 97.1 cm³/mol. The van der Waals surface area contributed by atoms with Crippen molar-refractivity contribution in [3.05, 3.63) is 46.3 Å². The fraction of sp³-hybridized carbons (Fsp3) is 0.278. The Bertz CT molecular complexity index is 800. The maximum Gasteiger partial charge on any atom is 0.417 e. The lowest BCUT2D eigenvalue weighted by molar-refractivity contribution is 0.0527. The molecule has 1 N–H and O–H groups in total. The van der Waals surface area contributed by atoms with Crippen LogP contribution in [-0.2, 0) is 9.47 Å². The average molecular weight is 377 g/mol. The van der Waals surface area contributed by atoms with Crippen molar-refractivity contribution in [1.82, 2.24) is 0 Å². The molecule has 0 aliphatic heterocycles. The summed E-state index contributed by atoms with van der Waals surface area (Å²) >= 11 is 0.940. The quantitative estimate of drug-likeness (QED) is 0.765. The minimum Gasteiger partial charge on any atom is -0.462 e. The minimum atomic E-state index is -0.779. The number of esters is 2. The van der Waals surface area contributed by atoms with Crippen molar-refractivity contribution in [1.29, 1.82) is 0 Å². The molecule has 7 nitrogen and oxygen atoms in total. The van der Waals surface area contributed by atoms with E-state index in [1.807, 2.05) is 0 Å². The summed E-state index contributed by atoms with van der Waals surface area (Å²) in [6.07, 6.45) is -0.779. The number of rotatable bonds is 6. The van der Waals surface area contributed by atoms with E-state index in [2.05, 4.69) is 5.32 Å². The third-order valence-corrected chi connectivity index (χ3v) is 4.44. The van der Waals surface area contributed by atoms with Crippen LogP contribution in [0.25, 0.3) is 0 Å². The van der Waals surface area contributed by atoms with Crippen molar-refractivity contribution in [2.24, 2.45) is 0 Å². The molecule has 0 aliphatic carbocycles. The first-order valence-electron chi connectivity index (χ1n) is 7.99. The number of benzene rings is 1. The van der Waals surface area contributed by atoms with Crippen LogP contribution in [0.5, 0.6) is 5.75 Å². The van der Waals surface area contributed by atoms with Gasteiger partial charge in [0.1, 0.15) is 15.6 Å². The largest absolute Gasteiger partial charge is 0.462 e. The predicted octanol–water partition coefficient (Wildman–Crippen LogP) is 4.02. The lowest BCUT2D eigenvalue weighted by Gasteiger charge is -2.07. The number of thiophene rings is 1. The van der Waals surface area contributed by atoms with Gasteiger partial charge in [0, 0.05) is 0 Å². The second kappa shape index (κ2) is 9.00. The zero-order chi connectivity index (χ0) is 19.1. The van der Waals surface area contributed by atoms with Crippen molar-refractivity contribution in [2.75, 3.05) is 18.5 Å². The van der Waals surface area contributed by atoms with Crippen molar-refractivity contribution in [3.8, 4) is 5.75 Å². The Labute approximate surface area is 154 Å². The third kappa shape index (κ3) is 4.60. The van der Waals surface area contributed by atoms with Crippen LogP contribution in [-0.4, -0.2) is 31.2 Å². The zero-order valence-corrected chi connectivity index (χ0v) is 15.5. The number of hydrogen-bond donors (Lipinski definition) is 1. The Morgan fingerprint density at radius 3 is 2.23 bits per heavy atom. The number of carbonyl (C=O) groups excluding carboxylic acids is 3. The van der Waals surface area contributed by atoms with Gasteiger partial charge in [0.15, 0.2) is 0 Å². The molecule has 0 saturated carbocycles. The number of hydrogen-bond acceptors (Lipinski definition) is 7. The number of ether oxygens (including phenoxy) is 3. The summed E-state index contributed by atoms with van der Waals surface area (Å²) in [6, 6.07) is 8.48. The normalized spacial score (nSPS) is 10.1. The summed E-state index contributed by atoms with van der Waals surface area (Å²) in [4.78, 5) is 36.7. The summed E-state index contributed by atoms with van der Waals surface area (Å²) < 4.78 is 15.2. The van der Waals surface area contributed by atoms with Gasteiger partial charge in [0.05, 0.1) is 18.8 Å². The number of anilines is 1. The monoisotopic (exact) mass is 377 g/mol. The molecule has 138 valence electrons. The van der Waals surface area contributed by atoms with Crippen LogP contribution >= 0.6 is 11.3 Å². The summed E-state index contributed by atoms with van der Waals surface area (Å²) in [5.74, 6) is -0.849. The highest BCUT2D eigenvalue weighted by Crippen LogP contribution is 2.34. The molecule has 0 saturated heterocycles. The van der Waals surface area contributed by atoms with E-state index in [9.17, 15) is 14.4 Å². The zero-order valence-electron chi connectivity index (χ0n) is 14.7. The molecule has 0 atom stereocenters. The van der Waals surface area contributed by atoms with Crippen LogP contribution < -0.4 is 10.1 Å². The standard InChI is InChI=1S/C18H19NO6S/c1-4-23-16(20)13-11(3)14(17(21)24-5-2)26-15(13)19-18(22)25-12-9-7-6-8-10-12/h6-10H,4-5H2,1-3H3,(H,19,22). The molecule has 0 radical (unpaired) electrons. The molecule has 0 bridgehead atoms. The van der Waals surface area contributed by atoms with Gasteiger partial charge in [-0.25, -0.2) is 14.4 Å². The van der Waals surface area contributed by atoms with E-state index >= 15 is 0 Å². The molecular formula is C18H19NO6S. The Morgan fingerprint density at radius 1 is 1.00 bits per heavy atom. The molecule has 0 aliphatic rings. The fourth-order valence-electron chi connectivity index (χ4n) is 2.16. The highest BCUT2D eigenvalue weighted by Gasteiger charge is 2.27. The van der Waals surface area contributed by atoms with Crippen LogP contribution in [0.1, 0.15) is 39.4 Å². The number of nitrogens with one attached hydrogen (secondary N) is 1. The van der Waals surface area contributed by atoms with Gasteiger partial charge in [-0.3, -0.25) is 5.32 Å².